The summed E-state index contributed by atoms with van der Waals surface area (Å²) in [7, 11) is 4.09. The molecule has 1 heterocycles. The molecule has 2 rings (SSSR count). The summed E-state index contributed by atoms with van der Waals surface area (Å²) in [5.74, 6) is 0.622. The quantitative estimate of drug-likeness (QED) is 0.907. The Morgan fingerprint density at radius 1 is 1.13 bits per heavy atom. The van der Waals surface area contributed by atoms with Crippen LogP contribution in [0.1, 0.15) is 20.3 Å². The van der Waals surface area contributed by atoms with Crippen molar-refractivity contribution < 1.29 is 4.79 Å². The molecular formula is C18H30N4O. The van der Waals surface area contributed by atoms with Gasteiger partial charge in [0.05, 0.1) is 0 Å². The number of urea groups is 1. The summed E-state index contributed by atoms with van der Waals surface area (Å²) in [6, 6.07) is 8.68. The minimum absolute atomic E-state index is 0.0771. The van der Waals surface area contributed by atoms with E-state index in [0.29, 0.717) is 5.92 Å². The highest BCUT2D eigenvalue weighted by Crippen LogP contribution is 2.20. The van der Waals surface area contributed by atoms with E-state index >= 15 is 0 Å². The molecule has 0 atom stereocenters. The first-order valence-corrected chi connectivity index (χ1v) is 8.52. The number of carbonyl (C=O) groups is 1. The zero-order valence-electron chi connectivity index (χ0n) is 14.9. The minimum atomic E-state index is 0.0771. The molecule has 0 radical (unpaired) electrons. The minimum Gasteiger partial charge on any atom is -0.378 e. The number of hydrogen-bond acceptors (Lipinski definition) is 3. The topological polar surface area (TPSA) is 38.8 Å². The molecule has 1 saturated heterocycles. The lowest BCUT2D eigenvalue weighted by atomic mass is 10.1. The average molecular weight is 318 g/mol. The van der Waals surface area contributed by atoms with E-state index in [9.17, 15) is 4.79 Å². The largest absolute Gasteiger partial charge is 0.378 e. The van der Waals surface area contributed by atoms with E-state index in [2.05, 4.69) is 53.2 Å². The molecule has 1 aliphatic rings. The van der Waals surface area contributed by atoms with Gasteiger partial charge in [0.2, 0.25) is 0 Å². The van der Waals surface area contributed by atoms with Gasteiger partial charge >= 0.3 is 6.03 Å². The van der Waals surface area contributed by atoms with Crippen LogP contribution in [0.4, 0.5) is 16.2 Å². The van der Waals surface area contributed by atoms with Gasteiger partial charge in [-0.1, -0.05) is 13.8 Å². The fourth-order valence-corrected chi connectivity index (χ4v) is 2.71. The summed E-state index contributed by atoms with van der Waals surface area (Å²) < 4.78 is 0. The fourth-order valence-electron chi connectivity index (χ4n) is 2.71. The number of carbonyl (C=O) groups excluding carboxylic acids is 1. The van der Waals surface area contributed by atoms with Crippen molar-refractivity contribution in [3.05, 3.63) is 24.3 Å². The van der Waals surface area contributed by atoms with Crippen molar-refractivity contribution in [3.63, 3.8) is 0 Å². The first kappa shape index (κ1) is 17.4. The highest BCUT2D eigenvalue weighted by molar-refractivity contribution is 5.74. The van der Waals surface area contributed by atoms with Crippen LogP contribution in [-0.2, 0) is 0 Å². The lowest BCUT2D eigenvalue weighted by molar-refractivity contribution is 0.194. The predicted molar refractivity (Wildman–Crippen MR) is 97.4 cm³/mol. The fraction of sp³-hybridized carbons (Fsp3) is 0.611. The molecular weight excluding hydrogens is 288 g/mol. The maximum Gasteiger partial charge on any atom is 0.317 e. The Morgan fingerprint density at radius 3 is 2.26 bits per heavy atom. The Hall–Kier alpha value is -1.91. The van der Waals surface area contributed by atoms with Crippen LogP contribution < -0.4 is 15.1 Å². The molecule has 0 bridgehead atoms. The number of nitrogens with one attached hydrogen (secondary N) is 1. The number of amides is 2. The van der Waals surface area contributed by atoms with Crippen LogP contribution in [0, 0.1) is 5.92 Å². The Bertz CT molecular complexity index is 490. The number of nitrogens with zero attached hydrogens (tertiary/aromatic N) is 3. The van der Waals surface area contributed by atoms with Crippen molar-refractivity contribution in [2.45, 2.75) is 20.3 Å². The third kappa shape index (κ3) is 5.05. The van der Waals surface area contributed by atoms with E-state index in [-0.39, 0.29) is 6.03 Å². The van der Waals surface area contributed by atoms with Gasteiger partial charge in [0.15, 0.2) is 0 Å². The van der Waals surface area contributed by atoms with E-state index in [1.165, 1.54) is 11.4 Å². The Labute approximate surface area is 140 Å². The molecule has 1 aliphatic heterocycles. The van der Waals surface area contributed by atoms with Crippen molar-refractivity contribution in [2.75, 3.05) is 56.6 Å². The third-order valence-electron chi connectivity index (χ3n) is 4.30. The number of anilines is 2. The first-order valence-electron chi connectivity index (χ1n) is 8.52. The first-order chi connectivity index (χ1) is 11.0. The van der Waals surface area contributed by atoms with Gasteiger partial charge in [0, 0.05) is 58.2 Å². The molecule has 1 aromatic rings. The van der Waals surface area contributed by atoms with Crippen molar-refractivity contribution in [3.8, 4) is 0 Å². The summed E-state index contributed by atoms with van der Waals surface area (Å²) in [5.41, 5.74) is 2.44. The van der Waals surface area contributed by atoms with Crippen LogP contribution in [0.25, 0.3) is 0 Å². The Morgan fingerprint density at radius 2 is 1.74 bits per heavy atom. The monoisotopic (exact) mass is 318 g/mol. The average Bonchev–Trinajstić information content (AvgIpc) is 2.54. The molecule has 5 nitrogen and oxygen atoms in total. The van der Waals surface area contributed by atoms with Crippen molar-refractivity contribution in [2.24, 2.45) is 5.92 Å². The summed E-state index contributed by atoms with van der Waals surface area (Å²) in [4.78, 5) is 18.5. The van der Waals surface area contributed by atoms with E-state index in [0.717, 1.165) is 39.1 Å². The molecule has 0 aliphatic carbocycles. The van der Waals surface area contributed by atoms with Gasteiger partial charge in [0.25, 0.3) is 0 Å². The van der Waals surface area contributed by atoms with E-state index < -0.39 is 0 Å². The molecule has 1 N–H and O–H groups in total. The summed E-state index contributed by atoms with van der Waals surface area (Å²) in [5, 5.41) is 3.02. The maximum atomic E-state index is 12.1. The van der Waals surface area contributed by atoms with Crippen LogP contribution in [0.2, 0.25) is 0 Å². The van der Waals surface area contributed by atoms with Crippen molar-refractivity contribution in [1.29, 1.82) is 0 Å². The zero-order chi connectivity index (χ0) is 16.8. The number of hydrogen-bond donors (Lipinski definition) is 1. The molecule has 0 aromatic heterocycles. The second kappa shape index (κ2) is 8.09. The molecule has 23 heavy (non-hydrogen) atoms. The van der Waals surface area contributed by atoms with Crippen LogP contribution in [0.3, 0.4) is 0 Å². The van der Waals surface area contributed by atoms with E-state index in [4.69, 9.17) is 0 Å². The van der Waals surface area contributed by atoms with Crippen LogP contribution >= 0.6 is 0 Å². The summed E-state index contributed by atoms with van der Waals surface area (Å²) >= 11 is 0. The van der Waals surface area contributed by atoms with Crippen molar-refractivity contribution >= 4 is 17.4 Å². The summed E-state index contributed by atoms with van der Waals surface area (Å²) in [6.45, 7) is 8.45. The van der Waals surface area contributed by atoms with Gasteiger partial charge in [0.1, 0.15) is 0 Å². The normalized spacial score (nSPS) is 15.0. The summed E-state index contributed by atoms with van der Waals surface area (Å²) in [6.07, 6.45) is 1.03. The number of piperazine rings is 1. The molecule has 1 aromatic carbocycles. The second-order valence-corrected chi connectivity index (χ2v) is 6.80. The Balaban J connectivity index is 1.80. The molecule has 128 valence electrons. The van der Waals surface area contributed by atoms with Crippen molar-refractivity contribution in [1.82, 2.24) is 10.2 Å². The molecule has 1 fully saturated rings. The van der Waals surface area contributed by atoms with E-state index in [1.54, 1.807) is 0 Å². The van der Waals surface area contributed by atoms with Gasteiger partial charge in [-0.05, 0) is 36.6 Å². The van der Waals surface area contributed by atoms with Crippen LogP contribution in [0.15, 0.2) is 24.3 Å². The van der Waals surface area contributed by atoms with Gasteiger partial charge in [-0.15, -0.1) is 0 Å². The van der Waals surface area contributed by atoms with Gasteiger partial charge in [-0.25, -0.2) is 4.79 Å². The molecule has 2 amide bonds. The highest BCUT2D eigenvalue weighted by Gasteiger charge is 2.21. The Kier molecular flexibility index (Phi) is 6.13. The SMILES string of the molecule is CC(C)CCNC(=O)N1CCN(c2ccc(N(C)C)cc2)CC1. The molecule has 0 spiro atoms. The standard InChI is InChI=1S/C18H30N4O/c1-15(2)9-10-19-18(23)22-13-11-21(12-14-22)17-7-5-16(6-8-17)20(3)4/h5-8,15H,9-14H2,1-4H3,(H,19,23). The second-order valence-electron chi connectivity index (χ2n) is 6.80. The van der Waals surface area contributed by atoms with E-state index in [1.807, 2.05) is 19.0 Å². The molecule has 0 saturated carbocycles. The number of rotatable bonds is 5. The zero-order valence-corrected chi connectivity index (χ0v) is 14.9. The highest BCUT2D eigenvalue weighted by atomic mass is 16.2. The van der Waals surface area contributed by atoms with Gasteiger partial charge in [-0.2, -0.15) is 0 Å². The lowest BCUT2D eigenvalue weighted by Gasteiger charge is -2.36. The molecule has 5 heteroatoms. The maximum absolute atomic E-state index is 12.1. The van der Waals surface area contributed by atoms with Crippen LogP contribution in [-0.4, -0.2) is 57.8 Å². The predicted octanol–water partition coefficient (Wildman–Crippen LogP) is 2.63. The van der Waals surface area contributed by atoms with Gasteiger partial charge in [-0.3, -0.25) is 0 Å². The smallest absolute Gasteiger partial charge is 0.317 e. The third-order valence-corrected chi connectivity index (χ3v) is 4.30. The lowest BCUT2D eigenvalue weighted by Crippen LogP contribution is -2.52. The van der Waals surface area contributed by atoms with Gasteiger partial charge < -0.3 is 20.0 Å². The van der Waals surface area contributed by atoms with Crippen LogP contribution in [0.5, 0.6) is 0 Å². The number of benzene rings is 1. The molecule has 0 unspecified atom stereocenters.